The molecule has 0 aliphatic rings. The maximum absolute atomic E-state index is 8.92. The average molecular weight is 132 g/mol. The fraction of sp³-hybridized carbons (Fsp3) is 0.833. The summed E-state index contributed by atoms with van der Waals surface area (Å²) in [6.07, 6.45) is -1.23. The molecule has 0 amide bonds. The molecule has 9 heavy (non-hydrogen) atoms. The van der Waals surface area contributed by atoms with Crippen molar-refractivity contribution >= 4 is 0 Å². The molecular formula is C6H14NO2. The Kier molecular flexibility index (Phi) is 3.77. The molecule has 0 aliphatic heterocycles. The molecule has 0 rings (SSSR count). The van der Waals surface area contributed by atoms with Gasteiger partial charge < -0.3 is 10.2 Å². The van der Waals surface area contributed by atoms with Gasteiger partial charge in [-0.05, 0) is 20.8 Å². The molecule has 2 unspecified atom stereocenters. The van der Waals surface area contributed by atoms with Crippen molar-refractivity contribution in [2.24, 2.45) is 0 Å². The minimum Gasteiger partial charge on any atom is -0.379 e. The van der Waals surface area contributed by atoms with E-state index in [0.717, 1.165) is 0 Å². The van der Waals surface area contributed by atoms with E-state index in [1.54, 1.807) is 27.3 Å². The molecule has 3 heteroatoms. The fourth-order valence-electron chi connectivity index (χ4n) is 0.744. The molecule has 0 aromatic heterocycles. The summed E-state index contributed by atoms with van der Waals surface area (Å²) in [6.45, 7) is 6.62. The van der Waals surface area contributed by atoms with Gasteiger partial charge in [0.25, 0.3) is 0 Å². The highest BCUT2D eigenvalue weighted by atomic mass is 16.3. The second-order valence-corrected chi connectivity index (χ2v) is 1.97. The third-order valence-corrected chi connectivity index (χ3v) is 1.16. The van der Waals surface area contributed by atoms with Crippen molar-refractivity contribution in [3.8, 4) is 0 Å². The van der Waals surface area contributed by atoms with Crippen LogP contribution in [0.3, 0.4) is 0 Å². The minimum absolute atomic E-state index is 0.616. The molecule has 0 aliphatic carbocycles. The normalized spacial score (nSPS) is 18.0. The molecule has 0 aromatic carbocycles. The van der Waals surface area contributed by atoms with Crippen LogP contribution in [0.1, 0.15) is 20.8 Å². The molecule has 2 atom stereocenters. The van der Waals surface area contributed by atoms with E-state index in [1.807, 2.05) is 0 Å². The predicted octanol–water partition coefficient (Wildman–Crippen LogP) is 0.147. The second-order valence-electron chi connectivity index (χ2n) is 1.97. The third kappa shape index (κ3) is 2.79. The first-order valence-corrected chi connectivity index (χ1v) is 3.02. The Morgan fingerprint density at radius 3 is 1.56 bits per heavy atom. The van der Waals surface area contributed by atoms with Gasteiger partial charge in [-0.1, -0.05) is 0 Å². The lowest BCUT2D eigenvalue weighted by Crippen LogP contribution is -2.37. The van der Waals surface area contributed by atoms with Crippen molar-refractivity contribution in [2.75, 3.05) is 0 Å². The Balaban J connectivity index is 3.68. The van der Waals surface area contributed by atoms with Crippen molar-refractivity contribution in [2.45, 2.75) is 33.2 Å². The minimum atomic E-state index is -0.616. The largest absolute Gasteiger partial charge is 0.379 e. The van der Waals surface area contributed by atoms with E-state index in [4.69, 9.17) is 10.2 Å². The van der Waals surface area contributed by atoms with Gasteiger partial charge in [0.1, 0.15) is 12.5 Å². The van der Waals surface area contributed by atoms with E-state index >= 15 is 0 Å². The van der Waals surface area contributed by atoms with E-state index in [-0.39, 0.29) is 0 Å². The first kappa shape index (κ1) is 8.88. The average Bonchev–Trinajstić information content (AvgIpc) is 1.64. The highest BCUT2D eigenvalue weighted by molar-refractivity contribution is 4.64. The molecule has 0 bridgehead atoms. The SMILES string of the molecule is C[CH]N(C(C)O)C(C)O. The maximum Gasteiger partial charge on any atom is 0.106 e. The van der Waals surface area contributed by atoms with Crippen LogP contribution in [0.2, 0.25) is 0 Å². The molecule has 1 radical (unpaired) electrons. The molecule has 0 fully saturated rings. The molecule has 2 N–H and O–H groups in total. The van der Waals surface area contributed by atoms with E-state index in [9.17, 15) is 0 Å². The van der Waals surface area contributed by atoms with E-state index in [1.165, 1.54) is 4.90 Å². The van der Waals surface area contributed by atoms with Gasteiger partial charge in [-0.15, -0.1) is 0 Å². The van der Waals surface area contributed by atoms with Crippen LogP contribution in [0.5, 0.6) is 0 Å². The predicted molar refractivity (Wildman–Crippen MR) is 35.2 cm³/mol. The molecule has 3 nitrogen and oxygen atoms in total. The quantitative estimate of drug-likeness (QED) is 0.537. The molecule has 0 spiro atoms. The number of hydrogen-bond donors (Lipinski definition) is 2. The Bertz CT molecular complexity index is 65.5. The van der Waals surface area contributed by atoms with Crippen molar-refractivity contribution in [1.82, 2.24) is 4.90 Å². The van der Waals surface area contributed by atoms with Gasteiger partial charge >= 0.3 is 0 Å². The van der Waals surface area contributed by atoms with Gasteiger partial charge in [-0.25, -0.2) is 4.90 Å². The lowest BCUT2D eigenvalue weighted by Gasteiger charge is -2.25. The Hall–Kier alpha value is -0.120. The number of aliphatic hydroxyl groups excluding tert-OH is 2. The third-order valence-electron chi connectivity index (χ3n) is 1.16. The second kappa shape index (κ2) is 3.82. The van der Waals surface area contributed by atoms with E-state index < -0.39 is 12.5 Å². The van der Waals surface area contributed by atoms with Gasteiger partial charge in [0.2, 0.25) is 0 Å². The van der Waals surface area contributed by atoms with Crippen LogP contribution < -0.4 is 0 Å². The molecule has 0 aromatic rings. The number of aliphatic hydroxyl groups is 2. The Morgan fingerprint density at radius 2 is 1.56 bits per heavy atom. The van der Waals surface area contributed by atoms with Crippen LogP contribution in [0.15, 0.2) is 0 Å². The number of nitrogens with zero attached hydrogens (tertiary/aromatic N) is 1. The van der Waals surface area contributed by atoms with Crippen LogP contribution in [0.4, 0.5) is 0 Å². The van der Waals surface area contributed by atoms with Crippen molar-refractivity contribution in [3.05, 3.63) is 6.54 Å². The van der Waals surface area contributed by atoms with Crippen molar-refractivity contribution in [1.29, 1.82) is 0 Å². The molecule has 0 saturated carbocycles. The van der Waals surface area contributed by atoms with Crippen LogP contribution in [-0.4, -0.2) is 27.6 Å². The van der Waals surface area contributed by atoms with Gasteiger partial charge in [-0.2, -0.15) is 0 Å². The maximum atomic E-state index is 8.92. The standard InChI is InChI=1S/C6H14NO2/c1-4-7(5(2)8)6(3)9/h4-6,8-9H,1-3H3. The summed E-state index contributed by atoms with van der Waals surface area (Å²) in [6, 6.07) is 0. The molecular weight excluding hydrogens is 118 g/mol. The van der Waals surface area contributed by atoms with E-state index in [2.05, 4.69) is 0 Å². The fourth-order valence-corrected chi connectivity index (χ4v) is 0.744. The summed E-state index contributed by atoms with van der Waals surface area (Å²) in [7, 11) is 0. The van der Waals surface area contributed by atoms with Crippen LogP contribution >= 0.6 is 0 Å². The van der Waals surface area contributed by atoms with Gasteiger partial charge in [0.05, 0.1) is 0 Å². The van der Waals surface area contributed by atoms with Crippen LogP contribution in [0.25, 0.3) is 0 Å². The smallest absolute Gasteiger partial charge is 0.106 e. The highest BCUT2D eigenvalue weighted by Gasteiger charge is 2.12. The Labute approximate surface area is 55.9 Å². The number of rotatable bonds is 3. The summed E-state index contributed by atoms with van der Waals surface area (Å²) >= 11 is 0. The lowest BCUT2D eigenvalue weighted by molar-refractivity contribution is -0.0634. The van der Waals surface area contributed by atoms with Gasteiger partial charge in [-0.3, -0.25) is 0 Å². The summed E-state index contributed by atoms with van der Waals surface area (Å²) in [5.41, 5.74) is 0. The zero-order valence-corrected chi connectivity index (χ0v) is 6.07. The van der Waals surface area contributed by atoms with Crippen molar-refractivity contribution < 1.29 is 10.2 Å². The zero-order valence-electron chi connectivity index (χ0n) is 6.07. The monoisotopic (exact) mass is 132 g/mol. The number of hydrogen-bond acceptors (Lipinski definition) is 3. The first-order valence-electron chi connectivity index (χ1n) is 3.02. The summed E-state index contributed by atoms with van der Waals surface area (Å²) in [5, 5.41) is 17.8. The van der Waals surface area contributed by atoms with Crippen LogP contribution in [0, 0.1) is 6.54 Å². The van der Waals surface area contributed by atoms with Crippen LogP contribution in [-0.2, 0) is 0 Å². The van der Waals surface area contributed by atoms with Crippen molar-refractivity contribution in [3.63, 3.8) is 0 Å². The molecule has 55 valence electrons. The summed E-state index contributed by atoms with van der Waals surface area (Å²) < 4.78 is 0. The van der Waals surface area contributed by atoms with Gasteiger partial charge in [0.15, 0.2) is 0 Å². The molecule has 0 heterocycles. The summed E-state index contributed by atoms with van der Waals surface area (Å²) in [4.78, 5) is 1.44. The lowest BCUT2D eigenvalue weighted by atomic mass is 10.4. The zero-order chi connectivity index (χ0) is 7.44. The summed E-state index contributed by atoms with van der Waals surface area (Å²) in [5.74, 6) is 0. The van der Waals surface area contributed by atoms with E-state index in [0.29, 0.717) is 0 Å². The van der Waals surface area contributed by atoms with Gasteiger partial charge in [0, 0.05) is 6.54 Å². The highest BCUT2D eigenvalue weighted by Crippen LogP contribution is 2.01. The Morgan fingerprint density at radius 1 is 1.22 bits per heavy atom. The first-order chi connectivity index (χ1) is 4.09. The molecule has 0 saturated heterocycles. The topological polar surface area (TPSA) is 43.7 Å².